The molecule has 3 aromatic rings. The Morgan fingerprint density at radius 3 is 2.41 bits per heavy atom. The predicted octanol–water partition coefficient (Wildman–Crippen LogP) is 4.35. The van der Waals surface area contributed by atoms with Crippen molar-refractivity contribution in [1.82, 2.24) is 4.98 Å². The van der Waals surface area contributed by atoms with Crippen LogP contribution in [0.4, 0.5) is 22.7 Å². The average Bonchev–Trinajstić information content (AvgIpc) is 2.68. The molecular formula is C22H22N4O3. The van der Waals surface area contributed by atoms with Gasteiger partial charge in [0.15, 0.2) is 0 Å². The Balaban J connectivity index is 1.76. The Bertz CT molecular complexity index is 1050. The van der Waals surface area contributed by atoms with Crippen LogP contribution in [0.3, 0.4) is 0 Å². The van der Waals surface area contributed by atoms with Crippen LogP contribution in [0.2, 0.25) is 0 Å². The Kier molecular flexibility index (Phi) is 6.09. The molecule has 0 fully saturated rings. The van der Waals surface area contributed by atoms with Crippen molar-refractivity contribution >= 4 is 34.6 Å². The topological polar surface area (TPSA) is 92.3 Å². The van der Waals surface area contributed by atoms with Crippen molar-refractivity contribution in [1.29, 1.82) is 0 Å². The van der Waals surface area contributed by atoms with Gasteiger partial charge < -0.3 is 20.7 Å². The molecule has 0 bridgehead atoms. The minimum atomic E-state index is -0.308. The number of aromatic nitrogens is 1. The molecule has 148 valence electrons. The first-order valence-corrected chi connectivity index (χ1v) is 9.00. The van der Waals surface area contributed by atoms with Crippen LogP contribution in [0.15, 0.2) is 60.9 Å². The monoisotopic (exact) mass is 390 g/mol. The van der Waals surface area contributed by atoms with Gasteiger partial charge in [0.2, 0.25) is 5.91 Å². The number of methoxy groups -OCH3 is 1. The van der Waals surface area contributed by atoms with E-state index in [1.54, 1.807) is 43.6 Å². The largest absolute Gasteiger partial charge is 0.495 e. The van der Waals surface area contributed by atoms with Gasteiger partial charge >= 0.3 is 0 Å². The van der Waals surface area contributed by atoms with Gasteiger partial charge in [-0.25, -0.2) is 0 Å². The third-order valence-electron chi connectivity index (χ3n) is 4.08. The van der Waals surface area contributed by atoms with Gasteiger partial charge in [0.25, 0.3) is 5.91 Å². The SMILES string of the molecule is COc1ccc(C)cc1Nc1cncc(C(=O)Nc2cccc(NC(C)=O)c2)c1. The number of anilines is 4. The zero-order valence-electron chi connectivity index (χ0n) is 16.4. The normalized spacial score (nSPS) is 10.2. The second-order valence-electron chi connectivity index (χ2n) is 6.51. The van der Waals surface area contributed by atoms with E-state index in [0.717, 1.165) is 11.3 Å². The lowest BCUT2D eigenvalue weighted by molar-refractivity contribution is -0.114. The first-order chi connectivity index (χ1) is 13.9. The number of carbonyl (C=O) groups is 2. The molecule has 0 radical (unpaired) electrons. The van der Waals surface area contributed by atoms with Crippen LogP contribution in [0, 0.1) is 6.92 Å². The molecule has 29 heavy (non-hydrogen) atoms. The smallest absolute Gasteiger partial charge is 0.257 e. The number of ether oxygens (including phenoxy) is 1. The number of nitrogens with one attached hydrogen (secondary N) is 3. The molecule has 7 heteroatoms. The van der Waals surface area contributed by atoms with E-state index in [1.165, 1.54) is 13.1 Å². The lowest BCUT2D eigenvalue weighted by Crippen LogP contribution is -2.13. The summed E-state index contributed by atoms with van der Waals surface area (Å²) in [4.78, 5) is 28.0. The van der Waals surface area contributed by atoms with E-state index in [-0.39, 0.29) is 11.8 Å². The maximum absolute atomic E-state index is 12.6. The third-order valence-corrected chi connectivity index (χ3v) is 4.08. The summed E-state index contributed by atoms with van der Waals surface area (Å²) in [7, 11) is 1.60. The van der Waals surface area contributed by atoms with Gasteiger partial charge in [0.05, 0.1) is 30.2 Å². The summed E-state index contributed by atoms with van der Waals surface area (Å²) in [5.74, 6) is 0.209. The van der Waals surface area contributed by atoms with Crippen molar-refractivity contribution in [2.45, 2.75) is 13.8 Å². The highest BCUT2D eigenvalue weighted by molar-refractivity contribution is 6.05. The molecule has 0 saturated heterocycles. The highest BCUT2D eigenvalue weighted by atomic mass is 16.5. The standard InChI is InChI=1S/C22H22N4O3/c1-14-7-8-21(29-3)20(9-14)25-19-10-16(12-23-13-19)22(28)26-18-6-4-5-17(11-18)24-15(2)27/h4-13,25H,1-3H3,(H,24,27)(H,26,28). The Hall–Kier alpha value is -3.87. The number of pyridine rings is 1. The zero-order chi connectivity index (χ0) is 20.8. The predicted molar refractivity (Wildman–Crippen MR) is 114 cm³/mol. The van der Waals surface area contributed by atoms with E-state index in [9.17, 15) is 9.59 Å². The summed E-state index contributed by atoms with van der Waals surface area (Å²) in [5.41, 5.74) is 4.10. The number of benzene rings is 2. The summed E-state index contributed by atoms with van der Waals surface area (Å²) in [6.07, 6.45) is 3.13. The van der Waals surface area contributed by atoms with Crippen molar-refractivity contribution in [3.05, 3.63) is 72.1 Å². The minimum absolute atomic E-state index is 0.178. The molecular weight excluding hydrogens is 368 g/mol. The molecule has 0 spiro atoms. The van der Waals surface area contributed by atoms with Crippen LogP contribution in [0.25, 0.3) is 0 Å². The van der Waals surface area contributed by atoms with Crippen molar-refractivity contribution in [3.63, 3.8) is 0 Å². The van der Waals surface area contributed by atoms with Crippen LogP contribution in [-0.4, -0.2) is 23.9 Å². The number of amides is 2. The lowest BCUT2D eigenvalue weighted by Gasteiger charge is -2.13. The molecule has 3 N–H and O–H groups in total. The highest BCUT2D eigenvalue weighted by Gasteiger charge is 2.10. The van der Waals surface area contributed by atoms with Crippen molar-refractivity contribution in [2.24, 2.45) is 0 Å². The van der Waals surface area contributed by atoms with Gasteiger partial charge in [-0.15, -0.1) is 0 Å². The first kappa shape index (κ1) is 19.9. The molecule has 7 nitrogen and oxygen atoms in total. The van der Waals surface area contributed by atoms with E-state index in [4.69, 9.17) is 4.74 Å². The van der Waals surface area contributed by atoms with Gasteiger partial charge in [-0.1, -0.05) is 12.1 Å². The number of hydrogen-bond donors (Lipinski definition) is 3. The van der Waals surface area contributed by atoms with Gasteiger partial charge in [-0.2, -0.15) is 0 Å². The summed E-state index contributed by atoms with van der Waals surface area (Å²) >= 11 is 0. The number of nitrogens with zero attached hydrogens (tertiary/aromatic N) is 1. The summed E-state index contributed by atoms with van der Waals surface area (Å²) in [5, 5.41) is 8.74. The van der Waals surface area contributed by atoms with E-state index < -0.39 is 0 Å². The average molecular weight is 390 g/mol. The number of rotatable bonds is 6. The Labute approximate surface area is 169 Å². The fraction of sp³-hybridized carbons (Fsp3) is 0.136. The fourth-order valence-corrected chi connectivity index (χ4v) is 2.79. The maximum Gasteiger partial charge on any atom is 0.257 e. The minimum Gasteiger partial charge on any atom is -0.495 e. The van der Waals surface area contributed by atoms with Crippen LogP contribution in [-0.2, 0) is 4.79 Å². The Morgan fingerprint density at radius 2 is 1.69 bits per heavy atom. The molecule has 0 aliphatic rings. The summed E-state index contributed by atoms with van der Waals surface area (Å²) < 4.78 is 5.38. The van der Waals surface area contributed by atoms with Crippen LogP contribution in [0.1, 0.15) is 22.8 Å². The van der Waals surface area contributed by atoms with E-state index in [0.29, 0.717) is 28.4 Å². The molecule has 0 saturated carbocycles. The second-order valence-corrected chi connectivity index (χ2v) is 6.51. The molecule has 0 aliphatic heterocycles. The highest BCUT2D eigenvalue weighted by Crippen LogP contribution is 2.28. The summed E-state index contributed by atoms with van der Waals surface area (Å²) in [6.45, 7) is 3.42. The van der Waals surface area contributed by atoms with Gasteiger partial charge in [0, 0.05) is 24.5 Å². The summed E-state index contributed by atoms with van der Waals surface area (Å²) in [6, 6.07) is 14.4. The van der Waals surface area contributed by atoms with Crippen molar-refractivity contribution < 1.29 is 14.3 Å². The molecule has 3 rings (SSSR count). The van der Waals surface area contributed by atoms with E-state index >= 15 is 0 Å². The number of carbonyl (C=O) groups excluding carboxylic acids is 2. The zero-order valence-corrected chi connectivity index (χ0v) is 16.4. The number of aryl methyl sites for hydroxylation is 1. The molecule has 1 aromatic heterocycles. The van der Waals surface area contributed by atoms with E-state index in [1.807, 2.05) is 25.1 Å². The van der Waals surface area contributed by atoms with E-state index in [2.05, 4.69) is 20.9 Å². The molecule has 1 heterocycles. The van der Waals surface area contributed by atoms with Crippen molar-refractivity contribution in [3.8, 4) is 5.75 Å². The lowest BCUT2D eigenvalue weighted by atomic mass is 10.2. The van der Waals surface area contributed by atoms with Crippen molar-refractivity contribution in [2.75, 3.05) is 23.1 Å². The van der Waals surface area contributed by atoms with Gasteiger partial charge in [-0.05, 0) is 48.9 Å². The van der Waals surface area contributed by atoms with Gasteiger partial charge in [-0.3, -0.25) is 14.6 Å². The maximum atomic E-state index is 12.6. The third kappa shape index (κ3) is 5.32. The first-order valence-electron chi connectivity index (χ1n) is 9.00. The van der Waals surface area contributed by atoms with Gasteiger partial charge in [0.1, 0.15) is 5.75 Å². The van der Waals surface area contributed by atoms with Crippen LogP contribution >= 0.6 is 0 Å². The molecule has 0 unspecified atom stereocenters. The second kappa shape index (κ2) is 8.88. The quantitative estimate of drug-likeness (QED) is 0.582. The molecule has 0 atom stereocenters. The number of hydrogen-bond acceptors (Lipinski definition) is 5. The fourth-order valence-electron chi connectivity index (χ4n) is 2.79. The molecule has 0 aliphatic carbocycles. The Morgan fingerprint density at radius 1 is 0.931 bits per heavy atom. The molecule has 2 amide bonds. The molecule has 2 aromatic carbocycles. The van der Waals surface area contributed by atoms with Crippen LogP contribution < -0.4 is 20.7 Å². The van der Waals surface area contributed by atoms with Crippen LogP contribution in [0.5, 0.6) is 5.75 Å².